The number of ketones is 1. The SMILES string of the molecule is O=C(CN(C(=O)c1ccccc1Cl)N1C(=O)[C@@H]2[C@@H](C1=O)[C@@]1(Cl)C(Cl)=C(Cl)[C@@]2(Cl)C1(Cl)Cl)c1ccccc1. The van der Waals surface area contributed by atoms with Crippen LogP contribution in [0.15, 0.2) is 64.7 Å². The van der Waals surface area contributed by atoms with E-state index in [9.17, 15) is 19.2 Å². The number of alkyl halides is 4. The van der Waals surface area contributed by atoms with Crippen LogP contribution < -0.4 is 0 Å². The molecular formula is C24H13Cl7N2O4. The molecule has 1 saturated carbocycles. The lowest BCUT2D eigenvalue weighted by Crippen LogP contribution is -2.56. The minimum Gasteiger partial charge on any atom is -0.292 e. The number of allylic oxidation sites excluding steroid dienone is 2. The summed E-state index contributed by atoms with van der Waals surface area (Å²) >= 11 is 45.5. The van der Waals surface area contributed by atoms with Crippen LogP contribution in [0.2, 0.25) is 5.02 Å². The average molecular weight is 642 g/mol. The fraction of sp³-hybridized carbons (Fsp3) is 0.250. The van der Waals surface area contributed by atoms with Gasteiger partial charge < -0.3 is 0 Å². The lowest BCUT2D eigenvalue weighted by molar-refractivity contribution is -0.154. The van der Waals surface area contributed by atoms with E-state index in [4.69, 9.17) is 81.2 Å². The number of hydrazine groups is 1. The third-order valence-corrected chi connectivity index (χ3v) is 11.4. The molecule has 1 saturated heterocycles. The molecule has 4 atom stereocenters. The first-order valence-corrected chi connectivity index (χ1v) is 13.3. The zero-order valence-electron chi connectivity index (χ0n) is 18.2. The normalized spacial score (nSPS) is 29.6. The summed E-state index contributed by atoms with van der Waals surface area (Å²) in [5, 5.41) is 0.748. The van der Waals surface area contributed by atoms with Crippen molar-refractivity contribution in [2.75, 3.05) is 6.54 Å². The van der Waals surface area contributed by atoms with Gasteiger partial charge in [0.15, 0.2) is 10.1 Å². The van der Waals surface area contributed by atoms with Crippen LogP contribution >= 0.6 is 81.2 Å². The van der Waals surface area contributed by atoms with Crippen LogP contribution in [0.3, 0.4) is 0 Å². The molecule has 2 aromatic rings. The molecule has 2 bridgehead atoms. The number of rotatable bonds is 5. The second kappa shape index (κ2) is 9.02. The Balaban J connectivity index is 1.61. The van der Waals surface area contributed by atoms with Crippen LogP contribution in [-0.2, 0) is 9.59 Å². The largest absolute Gasteiger partial charge is 0.292 e. The summed E-state index contributed by atoms with van der Waals surface area (Å²) in [5.74, 6) is -6.33. The average Bonchev–Trinajstić information content (AvgIpc) is 3.26. The second-order valence-electron chi connectivity index (χ2n) is 8.70. The molecule has 3 amide bonds. The Morgan fingerprint density at radius 2 is 1.27 bits per heavy atom. The van der Waals surface area contributed by atoms with Crippen molar-refractivity contribution in [1.29, 1.82) is 0 Å². The molecule has 37 heavy (non-hydrogen) atoms. The molecular weight excluding hydrogens is 628 g/mol. The summed E-state index contributed by atoms with van der Waals surface area (Å²) in [6.45, 7) is -0.683. The highest BCUT2D eigenvalue weighted by Gasteiger charge is 2.88. The first-order valence-electron chi connectivity index (χ1n) is 10.7. The van der Waals surface area contributed by atoms with Crippen molar-refractivity contribution in [2.45, 2.75) is 14.1 Å². The summed E-state index contributed by atoms with van der Waals surface area (Å²) in [4.78, 5) is 50.4. The van der Waals surface area contributed by atoms with E-state index >= 15 is 0 Å². The highest BCUT2D eigenvalue weighted by atomic mass is 35.5. The molecule has 2 aliphatic carbocycles. The number of carbonyl (C=O) groups excluding carboxylic acids is 4. The van der Waals surface area contributed by atoms with Crippen LogP contribution in [0.4, 0.5) is 0 Å². The van der Waals surface area contributed by atoms with E-state index in [1.807, 2.05) is 0 Å². The molecule has 192 valence electrons. The number of Topliss-reactive ketones (excluding diaryl/α,β-unsaturated/α-hetero) is 1. The maximum Gasteiger partial charge on any atom is 0.274 e. The third-order valence-electron chi connectivity index (χ3n) is 6.85. The Morgan fingerprint density at radius 3 is 1.78 bits per heavy atom. The Morgan fingerprint density at radius 1 is 0.784 bits per heavy atom. The molecule has 1 aliphatic heterocycles. The Kier molecular flexibility index (Phi) is 6.60. The number of nitrogens with zero attached hydrogens (tertiary/aromatic N) is 2. The quantitative estimate of drug-likeness (QED) is 0.227. The van der Waals surface area contributed by atoms with E-state index in [1.165, 1.54) is 24.3 Å². The predicted octanol–water partition coefficient (Wildman–Crippen LogP) is 6.03. The van der Waals surface area contributed by atoms with Crippen molar-refractivity contribution in [3.05, 3.63) is 80.8 Å². The fourth-order valence-corrected chi connectivity index (χ4v) is 8.22. The number of fused-ring (bicyclic) bond motifs is 5. The van der Waals surface area contributed by atoms with Gasteiger partial charge in [0.25, 0.3) is 17.7 Å². The maximum absolute atomic E-state index is 13.8. The third kappa shape index (κ3) is 3.40. The number of hydrogen-bond donors (Lipinski definition) is 0. The van der Waals surface area contributed by atoms with Gasteiger partial charge in [-0.25, -0.2) is 5.01 Å². The predicted molar refractivity (Wildman–Crippen MR) is 142 cm³/mol. The van der Waals surface area contributed by atoms with Crippen molar-refractivity contribution in [3.8, 4) is 0 Å². The molecule has 2 fully saturated rings. The van der Waals surface area contributed by atoms with Gasteiger partial charge in [0.05, 0.1) is 32.5 Å². The smallest absolute Gasteiger partial charge is 0.274 e. The van der Waals surface area contributed by atoms with Crippen LogP contribution in [-0.4, -0.2) is 54.1 Å². The molecule has 0 radical (unpaired) electrons. The van der Waals surface area contributed by atoms with E-state index in [2.05, 4.69) is 0 Å². The number of benzene rings is 2. The van der Waals surface area contributed by atoms with Crippen LogP contribution in [0.5, 0.6) is 0 Å². The van der Waals surface area contributed by atoms with Gasteiger partial charge in [0.1, 0.15) is 16.3 Å². The van der Waals surface area contributed by atoms with Crippen molar-refractivity contribution >= 4 is 105 Å². The van der Waals surface area contributed by atoms with Crippen molar-refractivity contribution in [3.63, 3.8) is 0 Å². The molecule has 13 heteroatoms. The van der Waals surface area contributed by atoms with Gasteiger partial charge in [0, 0.05) is 5.56 Å². The Hall–Kier alpha value is -1.51. The molecule has 2 aromatic carbocycles. The van der Waals surface area contributed by atoms with E-state index in [0.717, 1.165) is 0 Å². The van der Waals surface area contributed by atoms with Gasteiger partial charge in [0.2, 0.25) is 0 Å². The minimum absolute atomic E-state index is 0.0416. The lowest BCUT2D eigenvalue weighted by atomic mass is 9.84. The van der Waals surface area contributed by atoms with Crippen molar-refractivity contribution in [1.82, 2.24) is 10.0 Å². The molecule has 0 unspecified atom stereocenters. The van der Waals surface area contributed by atoms with Crippen molar-refractivity contribution in [2.24, 2.45) is 11.8 Å². The molecule has 0 aromatic heterocycles. The monoisotopic (exact) mass is 638 g/mol. The summed E-state index contributed by atoms with van der Waals surface area (Å²) in [5.41, 5.74) is 0.194. The fourth-order valence-electron chi connectivity index (χ4n) is 5.08. The molecule has 0 spiro atoms. The Labute approximate surface area is 245 Å². The maximum atomic E-state index is 13.8. The molecule has 0 N–H and O–H groups in total. The number of hydrogen-bond acceptors (Lipinski definition) is 4. The van der Waals surface area contributed by atoms with Gasteiger partial charge >= 0.3 is 0 Å². The zero-order valence-corrected chi connectivity index (χ0v) is 23.5. The van der Waals surface area contributed by atoms with Gasteiger partial charge in [-0.05, 0) is 12.1 Å². The van der Waals surface area contributed by atoms with Gasteiger partial charge in [-0.3, -0.25) is 19.2 Å². The minimum atomic E-state index is -2.14. The molecule has 3 aliphatic rings. The summed E-state index contributed by atoms with van der Waals surface area (Å²) in [7, 11) is 0. The van der Waals surface area contributed by atoms with Gasteiger partial charge in [-0.2, -0.15) is 5.01 Å². The summed E-state index contributed by atoms with van der Waals surface area (Å²) in [6.07, 6.45) is 0. The molecule has 6 nitrogen and oxygen atoms in total. The Bertz CT molecular complexity index is 1370. The number of halogens is 7. The zero-order chi connectivity index (χ0) is 27.1. The van der Waals surface area contributed by atoms with E-state index in [-0.39, 0.29) is 26.2 Å². The van der Waals surface area contributed by atoms with Crippen LogP contribution in [0.1, 0.15) is 20.7 Å². The van der Waals surface area contributed by atoms with E-state index < -0.39 is 56.0 Å². The topological polar surface area (TPSA) is 74.8 Å². The highest BCUT2D eigenvalue weighted by Crippen LogP contribution is 2.77. The van der Waals surface area contributed by atoms with E-state index in [1.54, 1.807) is 30.3 Å². The van der Waals surface area contributed by atoms with E-state index in [0.29, 0.717) is 10.0 Å². The lowest BCUT2D eigenvalue weighted by Gasteiger charge is -2.36. The first-order chi connectivity index (χ1) is 17.3. The second-order valence-corrected chi connectivity index (χ2v) is 12.4. The van der Waals surface area contributed by atoms with Crippen LogP contribution in [0.25, 0.3) is 0 Å². The first kappa shape index (κ1) is 27.1. The summed E-state index contributed by atoms with van der Waals surface area (Å²) < 4.78 is -2.14. The molecule has 1 heterocycles. The number of amides is 3. The van der Waals surface area contributed by atoms with Crippen molar-refractivity contribution < 1.29 is 19.2 Å². The van der Waals surface area contributed by atoms with Gasteiger partial charge in [-0.1, -0.05) is 100 Å². The standard InChI is InChI=1S/C24H13Cl7N2O4/c25-13-9-5-4-8-12(13)19(35)32(10-14(34)11-6-2-1-3-7-11)33-20(36)15-16(21(33)37)23(29)18(27)17(26)22(15,28)24(23,30)31/h1-9,15-16H,10H2/t15-,16-,22+,23+/m0/s1. The highest BCUT2D eigenvalue weighted by molar-refractivity contribution is 6.66. The van der Waals surface area contributed by atoms with Crippen LogP contribution in [0, 0.1) is 11.8 Å². The summed E-state index contributed by atoms with van der Waals surface area (Å²) in [6, 6.07) is 14.0. The molecule has 5 rings (SSSR count). The number of carbonyl (C=O) groups is 4. The number of imide groups is 1. The van der Waals surface area contributed by atoms with Gasteiger partial charge in [-0.15, -0.1) is 23.2 Å².